The molecule has 0 rings (SSSR count). The predicted molar refractivity (Wildman–Crippen MR) is 55.6 cm³/mol. The average molecular weight is 188 g/mol. The molecule has 13 heavy (non-hydrogen) atoms. The Bertz CT molecular complexity index is 98.3. The molecule has 0 aromatic heterocycles. The lowest BCUT2D eigenvalue weighted by Crippen LogP contribution is -2.14. The molecule has 0 amide bonds. The molecule has 0 radical (unpaired) electrons. The number of hydrogen-bond donors (Lipinski definition) is 2. The minimum Gasteiger partial charge on any atom is -0.396 e. The van der Waals surface area contributed by atoms with E-state index in [1.165, 1.54) is 0 Å². The van der Waals surface area contributed by atoms with E-state index in [0.717, 1.165) is 38.5 Å². The van der Waals surface area contributed by atoms with Crippen LogP contribution in [0.1, 0.15) is 52.4 Å². The van der Waals surface area contributed by atoms with Crippen LogP contribution in [0.2, 0.25) is 0 Å². The highest BCUT2D eigenvalue weighted by Crippen LogP contribution is 2.19. The van der Waals surface area contributed by atoms with Gasteiger partial charge in [0.1, 0.15) is 0 Å². The Morgan fingerprint density at radius 2 is 1.62 bits per heavy atom. The first-order valence-corrected chi connectivity index (χ1v) is 5.53. The molecule has 0 aliphatic carbocycles. The molecule has 2 unspecified atom stereocenters. The molecular weight excluding hydrogens is 164 g/mol. The van der Waals surface area contributed by atoms with Gasteiger partial charge in [-0.25, -0.2) is 0 Å². The maximum Gasteiger partial charge on any atom is 0.0542 e. The van der Waals surface area contributed by atoms with E-state index in [9.17, 15) is 5.11 Å². The van der Waals surface area contributed by atoms with Gasteiger partial charge in [0, 0.05) is 6.61 Å². The van der Waals surface area contributed by atoms with Crippen LogP contribution in [-0.4, -0.2) is 22.9 Å². The second-order valence-corrected chi connectivity index (χ2v) is 3.85. The van der Waals surface area contributed by atoms with Crippen molar-refractivity contribution < 1.29 is 10.2 Å². The van der Waals surface area contributed by atoms with E-state index in [1.807, 2.05) is 0 Å². The molecule has 0 aliphatic heterocycles. The Hall–Kier alpha value is -0.0800. The van der Waals surface area contributed by atoms with Crippen molar-refractivity contribution in [1.82, 2.24) is 0 Å². The number of hydrogen-bond acceptors (Lipinski definition) is 2. The van der Waals surface area contributed by atoms with Gasteiger partial charge < -0.3 is 10.2 Å². The van der Waals surface area contributed by atoms with Crippen molar-refractivity contribution in [1.29, 1.82) is 0 Å². The van der Waals surface area contributed by atoms with Gasteiger partial charge >= 0.3 is 0 Å². The highest BCUT2D eigenvalue weighted by Gasteiger charge is 2.12. The lowest BCUT2D eigenvalue weighted by Gasteiger charge is -2.18. The van der Waals surface area contributed by atoms with E-state index in [0.29, 0.717) is 5.92 Å². The second kappa shape index (κ2) is 8.52. The number of aliphatic hydroxyl groups excluding tert-OH is 2. The summed E-state index contributed by atoms with van der Waals surface area (Å²) < 4.78 is 0. The van der Waals surface area contributed by atoms with Gasteiger partial charge in [0.15, 0.2) is 0 Å². The fourth-order valence-electron chi connectivity index (χ4n) is 1.81. The van der Waals surface area contributed by atoms with E-state index < -0.39 is 0 Å². The van der Waals surface area contributed by atoms with E-state index in [-0.39, 0.29) is 12.7 Å². The fraction of sp³-hybridized carbons (Fsp3) is 1.00. The predicted octanol–water partition coefficient (Wildman–Crippen LogP) is 2.34. The highest BCUT2D eigenvalue weighted by molar-refractivity contribution is 4.64. The lowest BCUT2D eigenvalue weighted by molar-refractivity contribution is 0.119. The Balaban J connectivity index is 3.64. The first-order chi connectivity index (χ1) is 6.24. The zero-order valence-corrected chi connectivity index (χ0v) is 9.00. The first kappa shape index (κ1) is 12.9. The molecule has 0 aromatic carbocycles. The summed E-state index contributed by atoms with van der Waals surface area (Å²) in [5, 5.41) is 18.4. The summed E-state index contributed by atoms with van der Waals surface area (Å²) in [4.78, 5) is 0. The van der Waals surface area contributed by atoms with Crippen molar-refractivity contribution in [3.8, 4) is 0 Å². The number of aliphatic hydroxyl groups is 2. The van der Waals surface area contributed by atoms with Gasteiger partial charge in [0.25, 0.3) is 0 Å². The van der Waals surface area contributed by atoms with Crippen molar-refractivity contribution in [3.63, 3.8) is 0 Å². The minimum atomic E-state index is -0.159. The zero-order chi connectivity index (χ0) is 10.1. The maximum atomic E-state index is 9.59. The minimum absolute atomic E-state index is 0.159. The number of rotatable bonds is 8. The van der Waals surface area contributed by atoms with Crippen molar-refractivity contribution >= 4 is 0 Å². The molecule has 0 heterocycles. The van der Waals surface area contributed by atoms with Gasteiger partial charge in [-0.3, -0.25) is 0 Å². The monoisotopic (exact) mass is 188 g/mol. The molecular formula is C11H24O2. The van der Waals surface area contributed by atoms with Crippen LogP contribution < -0.4 is 0 Å². The van der Waals surface area contributed by atoms with Gasteiger partial charge in [-0.05, 0) is 25.2 Å². The van der Waals surface area contributed by atoms with Crippen LogP contribution in [0, 0.1) is 5.92 Å². The molecule has 80 valence electrons. The Kier molecular flexibility index (Phi) is 8.46. The van der Waals surface area contributed by atoms with Crippen molar-refractivity contribution in [2.75, 3.05) is 6.61 Å². The first-order valence-electron chi connectivity index (χ1n) is 5.53. The summed E-state index contributed by atoms with van der Waals surface area (Å²) in [6, 6.07) is 0. The quantitative estimate of drug-likeness (QED) is 0.614. The van der Waals surface area contributed by atoms with E-state index in [4.69, 9.17) is 5.11 Å². The van der Waals surface area contributed by atoms with Crippen LogP contribution in [0.15, 0.2) is 0 Å². The lowest BCUT2D eigenvalue weighted by atomic mass is 9.92. The smallest absolute Gasteiger partial charge is 0.0542 e. The van der Waals surface area contributed by atoms with Gasteiger partial charge in [-0.15, -0.1) is 0 Å². The summed E-state index contributed by atoms with van der Waals surface area (Å²) >= 11 is 0. The Morgan fingerprint density at radius 1 is 1.00 bits per heavy atom. The van der Waals surface area contributed by atoms with Crippen molar-refractivity contribution in [3.05, 3.63) is 0 Å². The second-order valence-electron chi connectivity index (χ2n) is 3.85. The molecule has 2 heteroatoms. The van der Waals surface area contributed by atoms with Gasteiger partial charge in [0.2, 0.25) is 0 Å². The third kappa shape index (κ3) is 7.03. The normalized spacial score (nSPS) is 15.7. The largest absolute Gasteiger partial charge is 0.396 e. The molecule has 0 fully saturated rings. The standard InChI is InChI=1S/C11H24O2/c1-3-5-10(7-8-12)9-11(13)6-4-2/h10-13H,3-9H2,1-2H3. The van der Waals surface area contributed by atoms with Crippen LogP contribution in [0.4, 0.5) is 0 Å². The van der Waals surface area contributed by atoms with Gasteiger partial charge in [0.05, 0.1) is 6.10 Å². The Morgan fingerprint density at radius 3 is 2.08 bits per heavy atom. The van der Waals surface area contributed by atoms with Gasteiger partial charge in [-0.2, -0.15) is 0 Å². The molecule has 0 bridgehead atoms. The highest BCUT2D eigenvalue weighted by atomic mass is 16.3. The van der Waals surface area contributed by atoms with Crippen LogP contribution in [0.3, 0.4) is 0 Å². The van der Waals surface area contributed by atoms with Crippen molar-refractivity contribution in [2.24, 2.45) is 5.92 Å². The van der Waals surface area contributed by atoms with E-state index in [2.05, 4.69) is 13.8 Å². The molecule has 2 nitrogen and oxygen atoms in total. The SMILES string of the molecule is CCCC(O)CC(CCC)CCO. The molecule has 2 atom stereocenters. The molecule has 0 aliphatic rings. The molecule has 0 saturated heterocycles. The summed E-state index contributed by atoms with van der Waals surface area (Å²) in [6.07, 6.45) is 5.75. The summed E-state index contributed by atoms with van der Waals surface area (Å²) in [5.74, 6) is 0.511. The van der Waals surface area contributed by atoms with Crippen LogP contribution >= 0.6 is 0 Å². The maximum absolute atomic E-state index is 9.59. The average Bonchev–Trinajstić information content (AvgIpc) is 2.05. The topological polar surface area (TPSA) is 40.5 Å². The fourth-order valence-corrected chi connectivity index (χ4v) is 1.81. The summed E-state index contributed by atoms with van der Waals surface area (Å²) in [6.45, 7) is 4.49. The molecule has 0 saturated carbocycles. The van der Waals surface area contributed by atoms with Crippen LogP contribution in [0.25, 0.3) is 0 Å². The van der Waals surface area contributed by atoms with E-state index >= 15 is 0 Å². The van der Waals surface area contributed by atoms with E-state index in [1.54, 1.807) is 0 Å². The van der Waals surface area contributed by atoms with Crippen LogP contribution in [0.5, 0.6) is 0 Å². The third-order valence-corrected chi connectivity index (χ3v) is 2.46. The van der Waals surface area contributed by atoms with Crippen LogP contribution in [-0.2, 0) is 0 Å². The third-order valence-electron chi connectivity index (χ3n) is 2.46. The Labute approximate surface area is 82.0 Å². The van der Waals surface area contributed by atoms with Crippen molar-refractivity contribution in [2.45, 2.75) is 58.5 Å². The summed E-state index contributed by atoms with van der Waals surface area (Å²) in [5.41, 5.74) is 0. The summed E-state index contributed by atoms with van der Waals surface area (Å²) in [7, 11) is 0. The zero-order valence-electron chi connectivity index (χ0n) is 9.00. The molecule has 0 spiro atoms. The van der Waals surface area contributed by atoms with Gasteiger partial charge in [-0.1, -0.05) is 33.1 Å². The molecule has 2 N–H and O–H groups in total. The molecule has 0 aromatic rings.